The largest absolute Gasteiger partial charge is 0.495 e. The van der Waals surface area contributed by atoms with Gasteiger partial charge in [0, 0.05) is 5.56 Å². The number of anilines is 1. The highest BCUT2D eigenvalue weighted by atomic mass is 16.5. The van der Waals surface area contributed by atoms with Gasteiger partial charge in [0.05, 0.1) is 18.4 Å². The molecule has 0 radical (unpaired) electrons. The van der Waals surface area contributed by atoms with Crippen molar-refractivity contribution in [2.24, 2.45) is 0 Å². The number of rotatable bonds is 6. The van der Waals surface area contributed by atoms with Crippen molar-refractivity contribution < 1.29 is 19.1 Å². The van der Waals surface area contributed by atoms with Crippen LogP contribution in [0.2, 0.25) is 0 Å². The second-order valence-electron chi connectivity index (χ2n) is 6.76. The van der Waals surface area contributed by atoms with Crippen molar-refractivity contribution >= 4 is 17.6 Å². The summed E-state index contributed by atoms with van der Waals surface area (Å²) >= 11 is 0. The van der Waals surface area contributed by atoms with E-state index in [4.69, 9.17) is 9.47 Å². The monoisotopic (exact) mass is 389 g/mol. The Hall–Kier alpha value is -3.60. The summed E-state index contributed by atoms with van der Waals surface area (Å²) in [6, 6.07) is 21.4. The minimum absolute atomic E-state index is 0.387. The third-order valence-corrected chi connectivity index (χ3v) is 4.47. The van der Waals surface area contributed by atoms with Crippen LogP contribution in [0.3, 0.4) is 0 Å². The van der Waals surface area contributed by atoms with E-state index in [9.17, 15) is 9.59 Å². The molecule has 5 heteroatoms. The Labute approximate surface area is 170 Å². The van der Waals surface area contributed by atoms with Gasteiger partial charge >= 0.3 is 5.97 Å². The quantitative estimate of drug-likeness (QED) is 0.612. The van der Waals surface area contributed by atoms with Gasteiger partial charge in [-0.05, 0) is 43.7 Å². The summed E-state index contributed by atoms with van der Waals surface area (Å²) in [6.07, 6.45) is -1.10. The highest BCUT2D eigenvalue weighted by Gasteiger charge is 2.26. The predicted octanol–water partition coefficient (Wildman–Crippen LogP) is 4.85. The first kappa shape index (κ1) is 20.1. The number of ether oxygens (including phenoxy) is 2. The van der Waals surface area contributed by atoms with Gasteiger partial charge in [0.1, 0.15) is 5.75 Å². The first-order valence-corrected chi connectivity index (χ1v) is 9.26. The van der Waals surface area contributed by atoms with E-state index in [0.717, 1.165) is 11.1 Å². The number of esters is 1. The zero-order chi connectivity index (χ0) is 20.8. The van der Waals surface area contributed by atoms with Crippen LogP contribution in [0.5, 0.6) is 5.75 Å². The fourth-order valence-electron chi connectivity index (χ4n) is 2.88. The molecule has 148 valence electrons. The van der Waals surface area contributed by atoms with Crippen molar-refractivity contribution in [3.63, 3.8) is 0 Å². The van der Waals surface area contributed by atoms with Gasteiger partial charge in [0.25, 0.3) is 5.91 Å². The molecular formula is C24H23NO4. The molecule has 0 aliphatic carbocycles. The maximum Gasteiger partial charge on any atom is 0.339 e. The van der Waals surface area contributed by atoms with Gasteiger partial charge in [0.2, 0.25) is 6.10 Å². The van der Waals surface area contributed by atoms with E-state index >= 15 is 0 Å². The van der Waals surface area contributed by atoms with Crippen LogP contribution in [0.25, 0.3) is 0 Å². The van der Waals surface area contributed by atoms with E-state index in [1.807, 2.05) is 38.1 Å². The first-order valence-electron chi connectivity index (χ1n) is 9.26. The number of carbonyl (C=O) groups excluding carboxylic acids is 2. The Morgan fingerprint density at radius 2 is 1.52 bits per heavy atom. The molecule has 0 aliphatic rings. The van der Waals surface area contributed by atoms with E-state index in [0.29, 0.717) is 22.6 Å². The average Bonchev–Trinajstić information content (AvgIpc) is 2.73. The molecule has 5 nitrogen and oxygen atoms in total. The Kier molecular flexibility index (Phi) is 6.29. The Balaban J connectivity index is 1.88. The van der Waals surface area contributed by atoms with Gasteiger partial charge in [-0.15, -0.1) is 0 Å². The average molecular weight is 389 g/mol. The fourth-order valence-corrected chi connectivity index (χ4v) is 2.88. The molecule has 0 fully saturated rings. The topological polar surface area (TPSA) is 64.6 Å². The Bertz CT molecular complexity index is 997. The number of benzene rings is 3. The molecule has 0 bridgehead atoms. The summed E-state index contributed by atoms with van der Waals surface area (Å²) in [5.74, 6) is -0.494. The fraction of sp³-hybridized carbons (Fsp3) is 0.167. The van der Waals surface area contributed by atoms with Crippen LogP contribution in [0.4, 0.5) is 5.69 Å². The van der Waals surface area contributed by atoms with Crippen LogP contribution in [0, 0.1) is 13.8 Å². The molecule has 3 aromatic rings. The molecule has 3 rings (SSSR count). The number of amides is 1. The number of carbonyl (C=O) groups is 2. The molecule has 1 amide bonds. The molecule has 3 aromatic carbocycles. The molecule has 0 unspecified atom stereocenters. The number of nitrogens with one attached hydrogen (secondary N) is 1. The highest BCUT2D eigenvalue weighted by molar-refractivity contribution is 5.99. The van der Waals surface area contributed by atoms with Crippen molar-refractivity contribution in [2.45, 2.75) is 20.0 Å². The molecule has 0 saturated heterocycles. The lowest BCUT2D eigenvalue weighted by molar-refractivity contribution is -0.125. The number of hydrogen-bond acceptors (Lipinski definition) is 4. The zero-order valence-electron chi connectivity index (χ0n) is 16.6. The van der Waals surface area contributed by atoms with Crippen molar-refractivity contribution in [3.05, 3.63) is 95.1 Å². The van der Waals surface area contributed by atoms with E-state index in [1.165, 1.54) is 7.11 Å². The molecular weight excluding hydrogens is 366 g/mol. The third-order valence-electron chi connectivity index (χ3n) is 4.47. The normalized spacial score (nSPS) is 11.4. The van der Waals surface area contributed by atoms with Crippen LogP contribution < -0.4 is 10.1 Å². The lowest BCUT2D eigenvalue weighted by atomic mass is 10.1. The lowest BCUT2D eigenvalue weighted by Gasteiger charge is -2.19. The van der Waals surface area contributed by atoms with Gasteiger partial charge in [-0.2, -0.15) is 0 Å². The van der Waals surface area contributed by atoms with Crippen LogP contribution in [0.15, 0.2) is 72.8 Å². The first-order chi connectivity index (χ1) is 14.0. The standard InChI is InChI=1S/C24H23NO4/c1-16-9-12-19(13-10-16)24(27)29-22(18-7-5-4-6-8-18)23(26)25-20-15-17(2)11-14-21(20)28-3/h4-15,22H,1-3H3,(H,25,26)/t22-/m0/s1. The van der Waals surface area contributed by atoms with Gasteiger partial charge in [0.15, 0.2) is 0 Å². The number of methoxy groups -OCH3 is 1. The van der Waals surface area contributed by atoms with E-state index < -0.39 is 18.0 Å². The molecule has 0 spiro atoms. The van der Waals surface area contributed by atoms with E-state index in [2.05, 4.69) is 5.32 Å². The zero-order valence-corrected chi connectivity index (χ0v) is 16.6. The Morgan fingerprint density at radius 1 is 0.862 bits per heavy atom. The van der Waals surface area contributed by atoms with Crippen LogP contribution in [0.1, 0.15) is 33.2 Å². The van der Waals surface area contributed by atoms with Crippen LogP contribution in [-0.2, 0) is 9.53 Å². The maximum absolute atomic E-state index is 13.1. The Morgan fingerprint density at radius 3 is 2.17 bits per heavy atom. The summed E-state index contributed by atoms with van der Waals surface area (Å²) in [5.41, 5.74) is 3.49. The second-order valence-corrected chi connectivity index (χ2v) is 6.76. The predicted molar refractivity (Wildman–Crippen MR) is 112 cm³/mol. The third kappa shape index (κ3) is 5.02. The molecule has 0 heterocycles. The number of aryl methyl sites for hydroxylation is 2. The second kappa shape index (κ2) is 9.06. The molecule has 1 atom stereocenters. The van der Waals surface area contributed by atoms with E-state index in [-0.39, 0.29) is 0 Å². The van der Waals surface area contributed by atoms with Gasteiger partial charge in [-0.25, -0.2) is 4.79 Å². The lowest BCUT2D eigenvalue weighted by Crippen LogP contribution is -2.26. The van der Waals surface area contributed by atoms with E-state index in [1.54, 1.807) is 48.5 Å². The van der Waals surface area contributed by atoms with Crippen molar-refractivity contribution in [3.8, 4) is 5.75 Å². The van der Waals surface area contributed by atoms with Crippen molar-refractivity contribution in [2.75, 3.05) is 12.4 Å². The molecule has 0 aromatic heterocycles. The summed E-state index contributed by atoms with van der Waals surface area (Å²) in [5, 5.41) is 2.83. The molecule has 0 aliphatic heterocycles. The molecule has 0 saturated carbocycles. The minimum atomic E-state index is -1.10. The summed E-state index contributed by atoms with van der Waals surface area (Å²) < 4.78 is 10.9. The molecule has 29 heavy (non-hydrogen) atoms. The molecule has 1 N–H and O–H groups in total. The minimum Gasteiger partial charge on any atom is -0.495 e. The number of hydrogen-bond donors (Lipinski definition) is 1. The van der Waals surface area contributed by atoms with Gasteiger partial charge < -0.3 is 14.8 Å². The smallest absolute Gasteiger partial charge is 0.339 e. The van der Waals surface area contributed by atoms with Crippen molar-refractivity contribution in [1.82, 2.24) is 0 Å². The maximum atomic E-state index is 13.1. The van der Waals surface area contributed by atoms with Gasteiger partial charge in [-0.3, -0.25) is 4.79 Å². The van der Waals surface area contributed by atoms with Gasteiger partial charge in [-0.1, -0.05) is 54.1 Å². The summed E-state index contributed by atoms with van der Waals surface area (Å²) in [6.45, 7) is 3.85. The SMILES string of the molecule is COc1ccc(C)cc1NC(=O)[C@@H](OC(=O)c1ccc(C)cc1)c1ccccc1. The summed E-state index contributed by atoms with van der Waals surface area (Å²) in [7, 11) is 1.53. The summed E-state index contributed by atoms with van der Waals surface area (Å²) in [4.78, 5) is 25.7. The van der Waals surface area contributed by atoms with Crippen LogP contribution in [-0.4, -0.2) is 19.0 Å². The van der Waals surface area contributed by atoms with Crippen molar-refractivity contribution in [1.29, 1.82) is 0 Å². The highest BCUT2D eigenvalue weighted by Crippen LogP contribution is 2.28. The van der Waals surface area contributed by atoms with Crippen LogP contribution >= 0.6 is 0 Å².